The minimum atomic E-state index is -0.918. The van der Waals surface area contributed by atoms with Crippen LogP contribution < -0.4 is 9.75 Å². The molecule has 0 N–H and O–H groups in total. The van der Waals surface area contributed by atoms with E-state index < -0.39 is 11.8 Å². The van der Waals surface area contributed by atoms with Gasteiger partial charge in [-0.2, -0.15) is 9.89 Å². The van der Waals surface area contributed by atoms with Gasteiger partial charge in [0.05, 0.1) is 19.7 Å². The van der Waals surface area contributed by atoms with Crippen molar-refractivity contribution in [3.8, 4) is 5.75 Å². The maximum Gasteiger partial charge on any atom is 0.381 e. The van der Waals surface area contributed by atoms with Crippen LogP contribution in [0.2, 0.25) is 0 Å². The zero-order chi connectivity index (χ0) is 16.3. The Balaban J connectivity index is 2.72. The van der Waals surface area contributed by atoms with Crippen LogP contribution in [0.15, 0.2) is 18.2 Å². The maximum atomic E-state index is 12.4. The smallest absolute Gasteiger partial charge is 0.381 e. The predicted molar refractivity (Wildman–Crippen MR) is 81.9 cm³/mol. The van der Waals surface area contributed by atoms with E-state index in [0.29, 0.717) is 29.7 Å². The Kier molecular flexibility index (Phi) is 4.65. The highest BCUT2D eigenvalue weighted by molar-refractivity contribution is 6.42. The molecule has 1 aromatic heterocycles. The number of hydrogen-bond acceptors (Lipinski definition) is 6. The summed E-state index contributed by atoms with van der Waals surface area (Å²) >= 11 is 0. The fourth-order valence-electron chi connectivity index (χ4n) is 2.28. The summed E-state index contributed by atoms with van der Waals surface area (Å²) in [5, 5.41) is 6.83. The van der Waals surface area contributed by atoms with Crippen molar-refractivity contribution < 1.29 is 19.1 Å². The third-order valence-corrected chi connectivity index (χ3v) is 3.45. The number of fused-ring (bicyclic) bond motifs is 1. The molecule has 0 saturated carbocycles. The molecule has 0 bridgehead atoms. The van der Waals surface area contributed by atoms with Gasteiger partial charge >= 0.3 is 5.97 Å². The molecule has 0 saturated heterocycles. The summed E-state index contributed by atoms with van der Waals surface area (Å²) in [6.07, 6.45) is 0. The number of methoxy groups -OCH3 is 2. The van der Waals surface area contributed by atoms with E-state index in [1.165, 1.54) is 19.0 Å². The largest absolute Gasteiger partial charge is 0.497 e. The molecule has 7 heteroatoms. The minimum Gasteiger partial charge on any atom is -0.497 e. The zero-order valence-electron chi connectivity index (χ0n) is 13.1. The molecule has 2 rings (SSSR count). The summed E-state index contributed by atoms with van der Waals surface area (Å²) in [6.45, 7) is 5.18. The van der Waals surface area contributed by atoms with Crippen molar-refractivity contribution in [3.63, 3.8) is 0 Å². The summed E-state index contributed by atoms with van der Waals surface area (Å²) in [6, 6.07) is 5.20. The van der Waals surface area contributed by atoms with Crippen LogP contribution in [0, 0.1) is 0 Å². The molecular weight excluding hydrogens is 286 g/mol. The van der Waals surface area contributed by atoms with Crippen molar-refractivity contribution in [3.05, 3.63) is 23.9 Å². The summed E-state index contributed by atoms with van der Waals surface area (Å²) < 4.78 is 9.75. The topological polar surface area (TPSA) is 73.7 Å². The van der Waals surface area contributed by atoms with Crippen molar-refractivity contribution in [2.75, 3.05) is 32.3 Å². The lowest BCUT2D eigenvalue weighted by atomic mass is 10.1. The van der Waals surface area contributed by atoms with Crippen LogP contribution in [0.25, 0.3) is 10.9 Å². The van der Waals surface area contributed by atoms with E-state index >= 15 is 0 Å². The van der Waals surface area contributed by atoms with E-state index in [1.807, 2.05) is 18.9 Å². The zero-order valence-corrected chi connectivity index (χ0v) is 13.1. The first kappa shape index (κ1) is 15.8. The number of Topliss-reactive ketones (excluding diaryl/α,β-unsaturated/α-hetero) is 1. The number of ether oxygens (including phenoxy) is 2. The fourth-order valence-corrected chi connectivity index (χ4v) is 2.28. The standard InChI is InChI=1S/C15H19N3O4/c1-5-17(6-2)18-13(14(19)15(20)22-4)11-9-10(21-3)7-8-12(11)16-18/h7-9H,5-6H2,1-4H3. The van der Waals surface area contributed by atoms with Gasteiger partial charge in [0.2, 0.25) is 0 Å². The molecule has 0 spiro atoms. The van der Waals surface area contributed by atoms with Gasteiger partial charge in [-0.05, 0) is 32.0 Å². The Bertz CT molecular complexity index is 704. The Labute approximate surface area is 128 Å². The van der Waals surface area contributed by atoms with Crippen LogP contribution in [0.3, 0.4) is 0 Å². The Morgan fingerprint density at radius 2 is 1.91 bits per heavy atom. The van der Waals surface area contributed by atoms with Gasteiger partial charge in [0.1, 0.15) is 11.4 Å². The van der Waals surface area contributed by atoms with Gasteiger partial charge in [-0.25, -0.2) is 4.79 Å². The van der Waals surface area contributed by atoms with Gasteiger partial charge in [0, 0.05) is 18.5 Å². The summed E-state index contributed by atoms with van der Waals surface area (Å²) in [5.41, 5.74) is 0.796. The first-order valence-electron chi connectivity index (χ1n) is 7.01. The van der Waals surface area contributed by atoms with Gasteiger partial charge in [0.25, 0.3) is 5.78 Å². The quantitative estimate of drug-likeness (QED) is 0.456. The highest BCUT2D eigenvalue weighted by Gasteiger charge is 2.27. The molecule has 0 radical (unpaired) electrons. The number of carbonyl (C=O) groups excluding carboxylic acids is 2. The molecule has 0 unspecified atom stereocenters. The van der Waals surface area contributed by atoms with Gasteiger partial charge in [-0.15, -0.1) is 0 Å². The summed E-state index contributed by atoms with van der Waals surface area (Å²) in [7, 11) is 2.72. The molecule has 1 aromatic carbocycles. The highest BCUT2D eigenvalue weighted by atomic mass is 16.5. The number of nitrogens with zero attached hydrogens (tertiary/aromatic N) is 3. The molecule has 0 aliphatic rings. The summed E-state index contributed by atoms with van der Waals surface area (Å²) in [4.78, 5) is 25.6. The van der Waals surface area contributed by atoms with Gasteiger partial charge < -0.3 is 9.47 Å². The third kappa shape index (κ3) is 2.61. The van der Waals surface area contributed by atoms with Crippen LogP contribution in [-0.4, -0.2) is 49.0 Å². The molecular formula is C15H19N3O4. The van der Waals surface area contributed by atoms with Crippen LogP contribution in [0.1, 0.15) is 24.3 Å². The number of ketones is 1. The van der Waals surface area contributed by atoms with Crippen molar-refractivity contribution in [2.24, 2.45) is 0 Å². The molecule has 7 nitrogen and oxygen atoms in total. The average Bonchev–Trinajstić information content (AvgIpc) is 2.92. The Morgan fingerprint density at radius 3 is 2.45 bits per heavy atom. The van der Waals surface area contributed by atoms with E-state index in [-0.39, 0.29) is 5.69 Å². The molecule has 0 amide bonds. The predicted octanol–water partition coefficient (Wildman–Crippen LogP) is 1.38. The van der Waals surface area contributed by atoms with Gasteiger partial charge in [-0.3, -0.25) is 9.80 Å². The number of aromatic nitrogens is 2. The van der Waals surface area contributed by atoms with E-state index in [0.717, 1.165) is 0 Å². The SMILES string of the molecule is CCN(CC)n1nc2ccc(OC)cc2c1C(=O)C(=O)OC. The molecule has 1 heterocycles. The second-order valence-corrected chi connectivity index (χ2v) is 4.58. The van der Waals surface area contributed by atoms with E-state index in [2.05, 4.69) is 9.84 Å². The first-order chi connectivity index (χ1) is 10.6. The maximum absolute atomic E-state index is 12.4. The number of rotatable bonds is 6. The molecule has 0 atom stereocenters. The minimum absolute atomic E-state index is 0.185. The molecule has 0 aliphatic carbocycles. The number of esters is 1. The molecule has 118 valence electrons. The van der Waals surface area contributed by atoms with Crippen molar-refractivity contribution >= 4 is 22.7 Å². The van der Waals surface area contributed by atoms with Crippen LogP contribution >= 0.6 is 0 Å². The summed E-state index contributed by atoms with van der Waals surface area (Å²) in [5.74, 6) is -1.06. The highest BCUT2D eigenvalue weighted by Crippen LogP contribution is 2.24. The number of carbonyl (C=O) groups is 2. The van der Waals surface area contributed by atoms with Crippen LogP contribution in [0.5, 0.6) is 5.75 Å². The van der Waals surface area contributed by atoms with E-state index in [1.54, 1.807) is 18.2 Å². The Morgan fingerprint density at radius 1 is 1.23 bits per heavy atom. The lowest BCUT2D eigenvalue weighted by Crippen LogP contribution is -2.38. The van der Waals surface area contributed by atoms with E-state index in [4.69, 9.17) is 4.74 Å². The van der Waals surface area contributed by atoms with E-state index in [9.17, 15) is 9.59 Å². The van der Waals surface area contributed by atoms with Crippen molar-refractivity contribution in [1.82, 2.24) is 9.89 Å². The Hall–Kier alpha value is -2.57. The van der Waals surface area contributed by atoms with Crippen molar-refractivity contribution in [2.45, 2.75) is 13.8 Å². The van der Waals surface area contributed by atoms with Gasteiger partial charge in [-0.1, -0.05) is 0 Å². The third-order valence-electron chi connectivity index (χ3n) is 3.45. The molecule has 22 heavy (non-hydrogen) atoms. The lowest BCUT2D eigenvalue weighted by Gasteiger charge is -2.22. The molecule has 2 aromatic rings. The average molecular weight is 305 g/mol. The molecule has 0 fully saturated rings. The molecule has 0 aliphatic heterocycles. The first-order valence-corrected chi connectivity index (χ1v) is 7.01. The second kappa shape index (κ2) is 6.46. The fraction of sp³-hybridized carbons (Fsp3) is 0.400. The van der Waals surface area contributed by atoms with Crippen LogP contribution in [0.4, 0.5) is 0 Å². The monoisotopic (exact) mass is 305 g/mol. The van der Waals surface area contributed by atoms with Gasteiger partial charge in [0.15, 0.2) is 0 Å². The number of benzene rings is 1. The van der Waals surface area contributed by atoms with Crippen molar-refractivity contribution in [1.29, 1.82) is 0 Å². The second-order valence-electron chi connectivity index (χ2n) is 4.58. The normalized spacial score (nSPS) is 10.5. The number of hydrogen-bond donors (Lipinski definition) is 0. The lowest BCUT2D eigenvalue weighted by molar-refractivity contribution is -0.135. The van der Waals surface area contributed by atoms with Crippen LogP contribution in [-0.2, 0) is 9.53 Å².